The zero-order chi connectivity index (χ0) is 13.9. The number of aromatic nitrogens is 3. The molecule has 0 amide bonds. The third kappa shape index (κ3) is 3.27. The Hall–Kier alpha value is -1.20. The fourth-order valence-corrected chi connectivity index (χ4v) is 3.63. The molecule has 0 N–H and O–H groups in total. The summed E-state index contributed by atoms with van der Waals surface area (Å²) in [4.78, 5) is 11.4. The summed E-state index contributed by atoms with van der Waals surface area (Å²) in [6.45, 7) is 8.64. The van der Waals surface area contributed by atoms with Crippen molar-refractivity contribution in [1.82, 2.24) is 19.4 Å². The van der Waals surface area contributed by atoms with Crippen LogP contribution in [0.3, 0.4) is 0 Å². The topological polar surface area (TPSA) is 34.0 Å². The van der Waals surface area contributed by atoms with Gasteiger partial charge in [0.2, 0.25) is 0 Å². The van der Waals surface area contributed by atoms with Crippen LogP contribution in [-0.4, -0.2) is 32.5 Å². The van der Waals surface area contributed by atoms with E-state index in [1.165, 1.54) is 36.6 Å². The monoisotopic (exact) mass is 290 g/mol. The van der Waals surface area contributed by atoms with E-state index in [4.69, 9.17) is 0 Å². The Bertz CT molecular complexity index is 560. The van der Waals surface area contributed by atoms with Crippen LogP contribution in [0.2, 0.25) is 0 Å². The maximum Gasteiger partial charge on any atom is 0.105 e. The lowest BCUT2D eigenvalue weighted by Gasteiger charge is -2.32. The Morgan fingerprint density at radius 3 is 3.00 bits per heavy atom. The molecular formula is C15H22N4S. The van der Waals surface area contributed by atoms with Crippen molar-refractivity contribution in [2.75, 3.05) is 13.1 Å². The first-order valence-electron chi connectivity index (χ1n) is 7.32. The van der Waals surface area contributed by atoms with Crippen LogP contribution >= 0.6 is 11.3 Å². The van der Waals surface area contributed by atoms with E-state index in [2.05, 4.69) is 44.9 Å². The van der Waals surface area contributed by atoms with Crippen molar-refractivity contribution in [3.63, 3.8) is 0 Å². The van der Waals surface area contributed by atoms with Crippen molar-refractivity contribution < 1.29 is 0 Å². The molecule has 0 unspecified atom stereocenters. The molecule has 1 aliphatic heterocycles. The number of imidazole rings is 1. The van der Waals surface area contributed by atoms with Gasteiger partial charge in [0, 0.05) is 37.4 Å². The second kappa shape index (κ2) is 6.06. The van der Waals surface area contributed by atoms with E-state index in [0.717, 1.165) is 24.8 Å². The second-order valence-corrected chi connectivity index (χ2v) is 6.79. The predicted molar refractivity (Wildman–Crippen MR) is 81.8 cm³/mol. The average molecular weight is 290 g/mol. The third-order valence-corrected chi connectivity index (χ3v) is 4.86. The second-order valence-electron chi connectivity index (χ2n) is 5.73. The van der Waals surface area contributed by atoms with Crippen LogP contribution < -0.4 is 0 Å². The summed E-state index contributed by atoms with van der Waals surface area (Å²) in [7, 11) is 0. The first-order valence-corrected chi connectivity index (χ1v) is 8.20. The molecule has 0 saturated carbocycles. The van der Waals surface area contributed by atoms with Crippen LogP contribution in [-0.2, 0) is 13.1 Å². The maximum atomic E-state index is 4.58. The van der Waals surface area contributed by atoms with Gasteiger partial charge in [-0.25, -0.2) is 9.97 Å². The Labute approximate surface area is 124 Å². The normalized spacial score (nSPS) is 20.4. The van der Waals surface area contributed by atoms with Gasteiger partial charge >= 0.3 is 0 Å². The molecule has 1 saturated heterocycles. The van der Waals surface area contributed by atoms with Gasteiger partial charge in [0.05, 0.1) is 10.7 Å². The summed E-state index contributed by atoms with van der Waals surface area (Å²) in [5, 5.41) is 3.36. The summed E-state index contributed by atoms with van der Waals surface area (Å²) in [6, 6.07) is 0. The number of hydrogen-bond donors (Lipinski definition) is 0. The van der Waals surface area contributed by atoms with E-state index in [0.29, 0.717) is 0 Å². The Morgan fingerprint density at radius 1 is 1.40 bits per heavy atom. The van der Waals surface area contributed by atoms with E-state index < -0.39 is 0 Å². The highest BCUT2D eigenvalue weighted by Gasteiger charge is 2.21. The summed E-state index contributed by atoms with van der Waals surface area (Å²) >= 11 is 1.75. The molecule has 1 fully saturated rings. The standard InChI is InChI=1S/C15H22N4S/c1-12-16-5-7-19(12)9-14-4-3-6-18(8-14)10-15-11-20-13(2)17-15/h5,7,11,14H,3-4,6,8-10H2,1-2H3/t14-/m0/s1. The minimum Gasteiger partial charge on any atom is -0.335 e. The van der Waals surface area contributed by atoms with Gasteiger partial charge in [-0.05, 0) is 39.2 Å². The van der Waals surface area contributed by atoms with E-state index in [1.54, 1.807) is 11.3 Å². The molecule has 0 aromatic carbocycles. The van der Waals surface area contributed by atoms with Gasteiger partial charge in [-0.3, -0.25) is 4.90 Å². The molecule has 0 bridgehead atoms. The van der Waals surface area contributed by atoms with Crippen LogP contribution in [0.15, 0.2) is 17.8 Å². The van der Waals surface area contributed by atoms with E-state index in [1.807, 2.05) is 6.20 Å². The van der Waals surface area contributed by atoms with E-state index >= 15 is 0 Å². The van der Waals surface area contributed by atoms with E-state index in [9.17, 15) is 0 Å². The Morgan fingerprint density at radius 2 is 2.30 bits per heavy atom. The predicted octanol–water partition coefficient (Wildman–Crippen LogP) is 2.87. The van der Waals surface area contributed by atoms with Crippen LogP contribution in [0.4, 0.5) is 0 Å². The third-order valence-electron chi connectivity index (χ3n) is 4.03. The van der Waals surface area contributed by atoms with Gasteiger partial charge in [-0.15, -0.1) is 11.3 Å². The van der Waals surface area contributed by atoms with Gasteiger partial charge in [-0.1, -0.05) is 0 Å². The van der Waals surface area contributed by atoms with Crippen LogP contribution in [0.1, 0.15) is 29.4 Å². The number of thiazole rings is 1. The number of rotatable bonds is 4. The smallest absolute Gasteiger partial charge is 0.105 e. The fourth-order valence-electron chi connectivity index (χ4n) is 3.03. The molecule has 20 heavy (non-hydrogen) atoms. The molecule has 0 spiro atoms. The highest BCUT2D eigenvalue weighted by Crippen LogP contribution is 2.21. The highest BCUT2D eigenvalue weighted by atomic mass is 32.1. The number of hydrogen-bond acceptors (Lipinski definition) is 4. The molecule has 4 nitrogen and oxygen atoms in total. The quantitative estimate of drug-likeness (QED) is 0.868. The fraction of sp³-hybridized carbons (Fsp3) is 0.600. The minimum absolute atomic E-state index is 0.733. The van der Waals surface area contributed by atoms with Gasteiger partial charge in [0.25, 0.3) is 0 Å². The highest BCUT2D eigenvalue weighted by molar-refractivity contribution is 7.09. The van der Waals surface area contributed by atoms with Gasteiger partial charge in [0.15, 0.2) is 0 Å². The molecule has 2 aromatic rings. The lowest BCUT2D eigenvalue weighted by Crippen LogP contribution is -2.36. The molecular weight excluding hydrogens is 268 g/mol. The molecule has 5 heteroatoms. The van der Waals surface area contributed by atoms with Crippen molar-refractivity contribution in [2.45, 2.75) is 39.8 Å². The van der Waals surface area contributed by atoms with Crippen molar-refractivity contribution >= 4 is 11.3 Å². The zero-order valence-electron chi connectivity index (χ0n) is 12.2. The van der Waals surface area contributed by atoms with Crippen LogP contribution in [0, 0.1) is 19.8 Å². The largest absolute Gasteiger partial charge is 0.335 e. The number of aryl methyl sites for hydroxylation is 2. The number of nitrogens with zero attached hydrogens (tertiary/aromatic N) is 4. The Kier molecular flexibility index (Phi) is 4.17. The van der Waals surface area contributed by atoms with Crippen LogP contribution in [0.5, 0.6) is 0 Å². The van der Waals surface area contributed by atoms with Crippen molar-refractivity contribution in [2.24, 2.45) is 5.92 Å². The summed E-state index contributed by atoms with van der Waals surface area (Å²) < 4.78 is 2.28. The van der Waals surface area contributed by atoms with Gasteiger partial charge in [0.1, 0.15) is 5.82 Å². The molecule has 3 rings (SSSR count). The van der Waals surface area contributed by atoms with Gasteiger partial charge in [-0.2, -0.15) is 0 Å². The molecule has 108 valence electrons. The summed E-state index contributed by atoms with van der Waals surface area (Å²) in [5.41, 5.74) is 1.23. The van der Waals surface area contributed by atoms with Crippen LogP contribution in [0.25, 0.3) is 0 Å². The summed E-state index contributed by atoms with van der Waals surface area (Å²) in [5.74, 6) is 1.86. The molecule has 1 atom stereocenters. The SMILES string of the molecule is Cc1nc(CN2CCC[C@H](Cn3ccnc3C)C2)cs1. The zero-order valence-corrected chi connectivity index (χ0v) is 13.1. The molecule has 1 aliphatic rings. The summed E-state index contributed by atoms with van der Waals surface area (Å²) in [6.07, 6.45) is 6.61. The average Bonchev–Trinajstić information content (AvgIpc) is 3.00. The first-order chi connectivity index (χ1) is 9.70. The van der Waals surface area contributed by atoms with Crippen molar-refractivity contribution in [3.8, 4) is 0 Å². The number of likely N-dealkylation sites (tertiary alicyclic amines) is 1. The first kappa shape index (κ1) is 13.8. The lowest BCUT2D eigenvalue weighted by atomic mass is 9.98. The lowest BCUT2D eigenvalue weighted by molar-refractivity contribution is 0.154. The van der Waals surface area contributed by atoms with Crippen molar-refractivity contribution in [1.29, 1.82) is 0 Å². The molecule has 0 radical (unpaired) electrons. The van der Waals surface area contributed by atoms with Gasteiger partial charge < -0.3 is 4.57 Å². The molecule has 3 heterocycles. The number of piperidine rings is 1. The molecule has 2 aromatic heterocycles. The van der Waals surface area contributed by atoms with Crippen molar-refractivity contribution in [3.05, 3.63) is 34.3 Å². The molecule has 0 aliphatic carbocycles. The Balaban J connectivity index is 1.57. The maximum absolute atomic E-state index is 4.58. The minimum atomic E-state index is 0.733. The van der Waals surface area contributed by atoms with E-state index in [-0.39, 0.29) is 0 Å².